The van der Waals surface area contributed by atoms with Gasteiger partial charge in [0, 0.05) is 21.2 Å². The van der Waals surface area contributed by atoms with Crippen molar-refractivity contribution in [3.05, 3.63) is 0 Å². The third-order valence-electron chi connectivity index (χ3n) is 1.60. The van der Waals surface area contributed by atoms with E-state index in [1.165, 1.54) is 12.0 Å². The topological polar surface area (TPSA) is 55.6 Å². The molecule has 0 radical (unpaired) electrons. The molecule has 0 saturated carbocycles. The monoisotopic (exact) mass is 160 g/mol. The SMILES string of the molecule is COC(C)[C@H](N)C(=O)N(C)C. The molecule has 0 aliphatic carbocycles. The Hall–Kier alpha value is -0.610. The summed E-state index contributed by atoms with van der Waals surface area (Å²) in [6, 6.07) is -0.560. The average molecular weight is 160 g/mol. The highest BCUT2D eigenvalue weighted by atomic mass is 16.5. The summed E-state index contributed by atoms with van der Waals surface area (Å²) in [5, 5.41) is 0. The largest absolute Gasteiger partial charge is 0.380 e. The van der Waals surface area contributed by atoms with Gasteiger partial charge in [-0.2, -0.15) is 0 Å². The number of hydrogen-bond donors (Lipinski definition) is 1. The molecule has 0 aliphatic rings. The van der Waals surface area contributed by atoms with Crippen LogP contribution in [0.1, 0.15) is 6.92 Å². The third-order valence-corrected chi connectivity index (χ3v) is 1.60. The molecule has 0 aromatic carbocycles. The van der Waals surface area contributed by atoms with Gasteiger partial charge in [-0.15, -0.1) is 0 Å². The van der Waals surface area contributed by atoms with Crippen molar-refractivity contribution in [2.45, 2.75) is 19.1 Å². The van der Waals surface area contributed by atoms with Gasteiger partial charge in [-0.1, -0.05) is 0 Å². The van der Waals surface area contributed by atoms with Gasteiger partial charge in [-0.05, 0) is 6.92 Å². The molecule has 66 valence electrons. The van der Waals surface area contributed by atoms with E-state index in [-0.39, 0.29) is 12.0 Å². The molecule has 0 heterocycles. The molecule has 0 fully saturated rings. The van der Waals surface area contributed by atoms with Crippen LogP contribution < -0.4 is 5.73 Å². The maximum absolute atomic E-state index is 11.2. The van der Waals surface area contributed by atoms with Crippen LogP contribution in [-0.2, 0) is 9.53 Å². The van der Waals surface area contributed by atoms with Crippen LogP contribution in [0, 0.1) is 0 Å². The second-order valence-electron chi connectivity index (χ2n) is 2.70. The van der Waals surface area contributed by atoms with Crippen molar-refractivity contribution < 1.29 is 9.53 Å². The molecule has 4 heteroatoms. The lowest BCUT2D eigenvalue weighted by atomic mass is 10.2. The molecule has 0 aromatic heterocycles. The lowest BCUT2D eigenvalue weighted by Crippen LogP contribution is -2.47. The van der Waals surface area contributed by atoms with Crippen molar-refractivity contribution in [3.63, 3.8) is 0 Å². The maximum atomic E-state index is 11.2. The van der Waals surface area contributed by atoms with E-state index in [2.05, 4.69) is 0 Å². The van der Waals surface area contributed by atoms with Crippen molar-refractivity contribution in [2.24, 2.45) is 5.73 Å². The first kappa shape index (κ1) is 10.4. The highest BCUT2D eigenvalue weighted by molar-refractivity contribution is 5.81. The van der Waals surface area contributed by atoms with Crippen molar-refractivity contribution >= 4 is 5.91 Å². The predicted molar refractivity (Wildman–Crippen MR) is 43.1 cm³/mol. The second kappa shape index (κ2) is 4.31. The van der Waals surface area contributed by atoms with Gasteiger partial charge in [-0.25, -0.2) is 0 Å². The van der Waals surface area contributed by atoms with Crippen LogP contribution >= 0.6 is 0 Å². The fourth-order valence-electron chi connectivity index (χ4n) is 0.646. The first-order valence-corrected chi connectivity index (χ1v) is 3.50. The van der Waals surface area contributed by atoms with Gasteiger partial charge in [0.1, 0.15) is 6.04 Å². The van der Waals surface area contributed by atoms with Crippen LogP contribution in [0.4, 0.5) is 0 Å². The van der Waals surface area contributed by atoms with Crippen molar-refractivity contribution in [3.8, 4) is 0 Å². The second-order valence-corrected chi connectivity index (χ2v) is 2.70. The number of nitrogens with zero attached hydrogens (tertiary/aromatic N) is 1. The number of hydrogen-bond acceptors (Lipinski definition) is 3. The van der Waals surface area contributed by atoms with E-state index in [4.69, 9.17) is 10.5 Å². The van der Waals surface area contributed by atoms with Gasteiger partial charge < -0.3 is 15.4 Å². The lowest BCUT2D eigenvalue weighted by Gasteiger charge is -2.20. The summed E-state index contributed by atoms with van der Waals surface area (Å²) < 4.78 is 4.91. The van der Waals surface area contributed by atoms with Gasteiger partial charge in [-0.3, -0.25) is 4.79 Å². The number of amides is 1. The Labute approximate surface area is 67.3 Å². The van der Waals surface area contributed by atoms with Crippen LogP contribution in [0.25, 0.3) is 0 Å². The number of rotatable bonds is 3. The van der Waals surface area contributed by atoms with Gasteiger partial charge in [0.15, 0.2) is 0 Å². The Kier molecular flexibility index (Phi) is 4.07. The van der Waals surface area contributed by atoms with E-state index in [0.29, 0.717) is 0 Å². The molecule has 0 bridgehead atoms. The highest BCUT2D eigenvalue weighted by Crippen LogP contribution is 1.96. The number of carbonyl (C=O) groups excluding carboxylic acids is 1. The molecule has 1 unspecified atom stereocenters. The minimum Gasteiger partial charge on any atom is -0.380 e. The Bertz CT molecular complexity index is 136. The fraction of sp³-hybridized carbons (Fsp3) is 0.857. The highest BCUT2D eigenvalue weighted by Gasteiger charge is 2.21. The molecule has 0 rings (SSSR count). The molecule has 0 aliphatic heterocycles. The fourth-order valence-corrected chi connectivity index (χ4v) is 0.646. The van der Waals surface area contributed by atoms with E-state index in [1.54, 1.807) is 21.0 Å². The number of methoxy groups -OCH3 is 1. The van der Waals surface area contributed by atoms with Gasteiger partial charge in [0.25, 0.3) is 0 Å². The zero-order valence-electron chi connectivity index (χ0n) is 7.50. The summed E-state index contributed by atoms with van der Waals surface area (Å²) in [5.74, 6) is -0.112. The van der Waals surface area contributed by atoms with E-state index >= 15 is 0 Å². The third kappa shape index (κ3) is 2.86. The Balaban J connectivity index is 4.02. The normalized spacial score (nSPS) is 15.7. The standard InChI is InChI=1S/C7H16N2O2/c1-5(11-4)6(8)7(10)9(2)3/h5-6H,8H2,1-4H3/t5?,6-/m0/s1. The summed E-state index contributed by atoms with van der Waals surface area (Å²) >= 11 is 0. The number of nitrogens with two attached hydrogens (primary N) is 1. The Morgan fingerprint density at radius 3 is 2.27 bits per heavy atom. The Morgan fingerprint density at radius 1 is 1.55 bits per heavy atom. The van der Waals surface area contributed by atoms with Gasteiger partial charge in [0.2, 0.25) is 5.91 Å². The van der Waals surface area contributed by atoms with Crippen LogP contribution in [0.3, 0.4) is 0 Å². The van der Waals surface area contributed by atoms with E-state index in [0.717, 1.165) is 0 Å². The first-order chi connectivity index (χ1) is 5.00. The molecule has 2 N–H and O–H groups in total. The number of ether oxygens (including phenoxy) is 1. The zero-order valence-corrected chi connectivity index (χ0v) is 7.50. The summed E-state index contributed by atoms with van der Waals surface area (Å²) in [4.78, 5) is 12.6. The quantitative estimate of drug-likeness (QED) is 0.602. The lowest BCUT2D eigenvalue weighted by molar-refractivity contribution is -0.132. The zero-order chi connectivity index (χ0) is 9.02. The van der Waals surface area contributed by atoms with Gasteiger partial charge in [0.05, 0.1) is 6.10 Å². The molecular weight excluding hydrogens is 144 g/mol. The first-order valence-electron chi connectivity index (χ1n) is 3.50. The molecule has 11 heavy (non-hydrogen) atoms. The van der Waals surface area contributed by atoms with Crippen molar-refractivity contribution in [1.29, 1.82) is 0 Å². The number of likely N-dealkylation sites (N-methyl/N-ethyl adjacent to an activating group) is 1. The average Bonchev–Trinajstić information content (AvgIpc) is 2.00. The van der Waals surface area contributed by atoms with E-state index < -0.39 is 6.04 Å². The molecule has 4 nitrogen and oxygen atoms in total. The maximum Gasteiger partial charge on any atom is 0.241 e. The van der Waals surface area contributed by atoms with Crippen LogP contribution in [0.15, 0.2) is 0 Å². The summed E-state index contributed by atoms with van der Waals surface area (Å²) in [6.45, 7) is 1.77. The molecular formula is C7H16N2O2. The molecule has 0 aromatic rings. The minimum absolute atomic E-state index is 0.112. The van der Waals surface area contributed by atoms with Crippen molar-refractivity contribution in [1.82, 2.24) is 4.90 Å². The summed E-state index contributed by atoms with van der Waals surface area (Å²) in [7, 11) is 4.88. The van der Waals surface area contributed by atoms with Crippen molar-refractivity contribution in [2.75, 3.05) is 21.2 Å². The van der Waals surface area contributed by atoms with Gasteiger partial charge >= 0.3 is 0 Å². The predicted octanol–water partition coefficient (Wildman–Crippen LogP) is -0.563. The van der Waals surface area contributed by atoms with E-state index in [9.17, 15) is 4.79 Å². The van der Waals surface area contributed by atoms with Crippen LogP contribution in [0.5, 0.6) is 0 Å². The minimum atomic E-state index is -0.560. The van der Waals surface area contributed by atoms with Crippen LogP contribution in [-0.4, -0.2) is 44.2 Å². The summed E-state index contributed by atoms with van der Waals surface area (Å²) in [5.41, 5.74) is 5.56. The van der Waals surface area contributed by atoms with E-state index in [1.807, 2.05) is 0 Å². The van der Waals surface area contributed by atoms with Crippen LogP contribution in [0.2, 0.25) is 0 Å². The number of carbonyl (C=O) groups is 1. The smallest absolute Gasteiger partial charge is 0.241 e. The molecule has 0 saturated heterocycles. The Morgan fingerprint density at radius 2 is 2.00 bits per heavy atom. The molecule has 1 amide bonds. The molecule has 2 atom stereocenters. The molecule has 0 spiro atoms. The summed E-state index contributed by atoms with van der Waals surface area (Å²) in [6.07, 6.45) is -0.232.